The fourth-order valence-corrected chi connectivity index (χ4v) is 2.62. The zero-order valence-electron chi connectivity index (χ0n) is 13.9. The maximum absolute atomic E-state index is 11.8. The molecule has 0 aliphatic rings. The van der Waals surface area contributed by atoms with Gasteiger partial charge in [-0.1, -0.05) is 17.7 Å². The van der Waals surface area contributed by atoms with Gasteiger partial charge < -0.3 is 9.47 Å². The number of hydrazone groups is 1. The van der Waals surface area contributed by atoms with Crippen molar-refractivity contribution in [3.63, 3.8) is 0 Å². The molecule has 1 N–H and O–H groups in total. The van der Waals surface area contributed by atoms with Crippen LogP contribution in [0.15, 0.2) is 52.5 Å². The van der Waals surface area contributed by atoms with Gasteiger partial charge in [-0.15, -0.1) is 11.8 Å². The lowest BCUT2D eigenvalue weighted by atomic mass is 10.2. The van der Waals surface area contributed by atoms with E-state index >= 15 is 0 Å². The molecule has 0 aromatic heterocycles. The first-order valence-electron chi connectivity index (χ1n) is 7.36. The highest BCUT2D eigenvalue weighted by Crippen LogP contribution is 2.26. The molecular formula is C18H20N2O3S. The first-order valence-corrected chi connectivity index (χ1v) is 8.34. The number of carbonyl (C=O) groups is 1. The molecule has 0 saturated heterocycles. The predicted octanol–water partition coefficient (Wildman–Crippen LogP) is 3.25. The van der Waals surface area contributed by atoms with Gasteiger partial charge in [-0.25, -0.2) is 5.43 Å². The Kier molecular flexibility index (Phi) is 6.69. The lowest BCUT2D eigenvalue weighted by Gasteiger charge is -2.07. The van der Waals surface area contributed by atoms with E-state index in [1.165, 1.54) is 17.3 Å². The monoisotopic (exact) mass is 344 g/mol. The molecule has 2 rings (SSSR count). The Morgan fingerprint density at radius 1 is 1.12 bits per heavy atom. The number of rotatable bonds is 7. The Balaban J connectivity index is 1.84. The molecule has 24 heavy (non-hydrogen) atoms. The van der Waals surface area contributed by atoms with Gasteiger partial charge in [-0.3, -0.25) is 4.79 Å². The summed E-state index contributed by atoms with van der Waals surface area (Å²) in [6.07, 6.45) is 1.57. The van der Waals surface area contributed by atoms with Crippen molar-refractivity contribution in [1.82, 2.24) is 5.43 Å². The minimum Gasteiger partial charge on any atom is -0.493 e. The number of nitrogens with one attached hydrogen (secondary N) is 1. The first kappa shape index (κ1) is 17.9. The lowest BCUT2D eigenvalue weighted by molar-refractivity contribution is -0.118. The third-order valence-electron chi connectivity index (χ3n) is 3.20. The SMILES string of the molecule is COc1ccc(/C=N\NC(=O)CSc2ccc(C)cc2)cc1OC. The fraction of sp³-hybridized carbons (Fsp3) is 0.222. The second kappa shape index (κ2) is 8.98. The molecule has 0 saturated carbocycles. The summed E-state index contributed by atoms with van der Waals surface area (Å²) in [5.41, 5.74) is 4.52. The number of amides is 1. The highest BCUT2D eigenvalue weighted by molar-refractivity contribution is 8.00. The summed E-state index contributed by atoms with van der Waals surface area (Å²) in [7, 11) is 3.15. The maximum atomic E-state index is 11.8. The van der Waals surface area contributed by atoms with Crippen LogP contribution in [0.3, 0.4) is 0 Å². The molecule has 0 aliphatic heterocycles. The largest absolute Gasteiger partial charge is 0.493 e. The van der Waals surface area contributed by atoms with E-state index in [1.807, 2.05) is 37.3 Å². The average molecular weight is 344 g/mol. The molecule has 0 spiro atoms. The minimum absolute atomic E-state index is 0.155. The van der Waals surface area contributed by atoms with Crippen LogP contribution in [-0.4, -0.2) is 32.1 Å². The maximum Gasteiger partial charge on any atom is 0.250 e. The van der Waals surface area contributed by atoms with Gasteiger partial charge in [-0.2, -0.15) is 5.10 Å². The van der Waals surface area contributed by atoms with Crippen LogP contribution in [0, 0.1) is 6.92 Å². The first-order chi connectivity index (χ1) is 11.6. The van der Waals surface area contributed by atoms with E-state index in [1.54, 1.807) is 32.6 Å². The summed E-state index contributed by atoms with van der Waals surface area (Å²) in [5, 5.41) is 3.96. The van der Waals surface area contributed by atoms with Crippen LogP contribution in [0.5, 0.6) is 11.5 Å². The summed E-state index contributed by atoms with van der Waals surface area (Å²) in [6, 6.07) is 13.5. The van der Waals surface area contributed by atoms with Crippen molar-refractivity contribution in [2.45, 2.75) is 11.8 Å². The van der Waals surface area contributed by atoms with E-state index in [4.69, 9.17) is 9.47 Å². The second-order valence-electron chi connectivity index (χ2n) is 5.01. The fourth-order valence-electron chi connectivity index (χ4n) is 1.93. The van der Waals surface area contributed by atoms with Gasteiger partial charge in [0.2, 0.25) is 5.91 Å². The van der Waals surface area contributed by atoms with Crippen molar-refractivity contribution in [1.29, 1.82) is 0 Å². The van der Waals surface area contributed by atoms with Gasteiger partial charge in [0.05, 0.1) is 26.2 Å². The third kappa shape index (κ3) is 5.31. The molecule has 0 atom stereocenters. The molecule has 2 aromatic rings. The smallest absolute Gasteiger partial charge is 0.250 e. The molecule has 5 nitrogen and oxygen atoms in total. The number of nitrogens with zero attached hydrogens (tertiary/aromatic N) is 1. The van der Waals surface area contributed by atoms with E-state index < -0.39 is 0 Å². The standard InChI is InChI=1S/C18H20N2O3S/c1-13-4-7-15(8-5-13)24-12-18(21)20-19-11-14-6-9-16(22-2)17(10-14)23-3/h4-11H,12H2,1-3H3,(H,20,21)/b19-11-. The molecule has 0 radical (unpaired) electrons. The van der Waals surface area contributed by atoms with Crippen LogP contribution in [0.25, 0.3) is 0 Å². The molecule has 6 heteroatoms. The Labute approximate surface area is 146 Å². The Morgan fingerprint density at radius 3 is 2.50 bits per heavy atom. The van der Waals surface area contributed by atoms with Crippen molar-refractivity contribution in [2.75, 3.05) is 20.0 Å². The van der Waals surface area contributed by atoms with Crippen LogP contribution in [0.1, 0.15) is 11.1 Å². The molecule has 0 bridgehead atoms. The number of carbonyl (C=O) groups excluding carboxylic acids is 1. The van der Waals surface area contributed by atoms with Crippen molar-refractivity contribution in [3.8, 4) is 11.5 Å². The van der Waals surface area contributed by atoms with Gasteiger partial charge in [0.15, 0.2) is 11.5 Å². The summed E-state index contributed by atoms with van der Waals surface area (Å²) in [5.74, 6) is 1.42. The molecule has 0 heterocycles. The van der Waals surface area contributed by atoms with Gasteiger partial charge in [0.1, 0.15) is 0 Å². The van der Waals surface area contributed by atoms with E-state index in [9.17, 15) is 4.79 Å². The van der Waals surface area contributed by atoms with Crippen LogP contribution in [0.2, 0.25) is 0 Å². The normalized spacial score (nSPS) is 10.6. The Morgan fingerprint density at radius 2 is 1.83 bits per heavy atom. The number of aryl methyl sites for hydroxylation is 1. The van der Waals surface area contributed by atoms with Gasteiger partial charge in [-0.05, 0) is 42.8 Å². The summed E-state index contributed by atoms with van der Waals surface area (Å²) in [4.78, 5) is 12.9. The van der Waals surface area contributed by atoms with Gasteiger partial charge in [0, 0.05) is 4.90 Å². The molecule has 2 aromatic carbocycles. The van der Waals surface area contributed by atoms with Gasteiger partial charge >= 0.3 is 0 Å². The number of benzene rings is 2. The number of hydrogen-bond donors (Lipinski definition) is 1. The molecule has 1 amide bonds. The van der Waals surface area contributed by atoms with Crippen LogP contribution in [-0.2, 0) is 4.79 Å². The van der Waals surface area contributed by atoms with Crippen molar-refractivity contribution in [3.05, 3.63) is 53.6 Å². The van der Waals surface area contributed by atoms with Gasteiger partial charge in [0.25, 0.3) is 0 Å². The van der Waals surface area contributed by atoms with Crippen molar-refractivity contribution in [2.24, 2.45) is 5.10 Å². The van der Waals surface area contributed by atoms with Crippen molar-refractivity contribution < 1.29 is 14.3 Å². The minimum atomic E-state index is -0.155. The third-order valence-corrected chi connectivity index (χ3v) is 4.21. The van der Waals surface area contributed by atoms with E-state index in [0.29, 0.717) is 17.3 Å². The topological polar surface area (TPSA) is 59.9 Å². The molecule has 0 unspecified atom stereocenters. The lowest BCUT2D eigenvalue weighted by Crippen LogP contribution is -2.19. The van der Waals surface area contributed by atoms with E-state index in [0.717, 1.165) is 10.5 Å². The number of ether oxygens (including phenoxy) is 2. The zero-order valence-corrected chi connectivity index (χ0v) is 14.7. The summed E-state index contributed by atoms with van der Waals surface area (Å²) >= 11 is 1.47. The predicted molar refractivity (Wildman–Crippen MR) is 97.2 cm³/mol. The number of methoxy groups -OCH3 is 2. The summed E-state index contributed by atoms with van der Waals surface area (Å²) < 4.78 is 10.4. The van der Waals surface area contributed by atoms with E-state index in [-0.39, 0.29) is 5.91 Å². The molecule has 0 aliphatic carbocycles. The van der Waals surface area contributed by atoms with Crippen molar-refractivity contribution >= 4 is 23.9 Å². The number of thioether (sulfide) groups is 1. The second-order valence-corrected chi connectivity index (χ2v) is 6.06. The van der Waals surface area contributed by atoms with Crippen LogP contribution < -0.4 is 14.9 Å². The Hall–Kier alpha value is -2.47. The Bertz CT molecular complexity index is 715. The highest BCUT2D eigenvalue weighted by Gasteiger charge is 2.04. The zero-order chi connectivity index (χ0) is 17.4. The van der Waals surface area contributed by atoms with Crippen LogP contribution in [0.4, 0.5) is 0 Å². The average Bonchev–Trinajstić information content (AvgIpc) is 2.61. The summed E-state index contributed by atoms with van der Waals surface area (Å²) in [6.45, 7) is 2.03. The highest BCUT2D eigenvalue weighted by atomic mass is 32.2. The molecule has 126 valence electrons. The quantitative estimate of drug-likeness (QED) is 0.476. The number of hydrogen-bond acceptors (Lipinski definition) is 5. The molecule has 0 fully saturated rings. The van der Waals surface area contributed by atoms with Crippen LogP contribution >= 0.6 is 11.8 Å². The molecular weight excluding hydrogens is 324 g/mol. The van der Waals surface area contributed by atoms with E-state index in [2.05, 4.69) is 10.5 Å².